The summed E-state index contributed by atoms with van der Waals surface area (Å²) in [5.74, 6) is 1.25. The first-order valence-corrected chi connectivity index (χ1v) is 7.04. The summed E-state index contributed by atoms with van der Waals surface area (Å²) in [6.07, 6.45) is 4.90. The quantitative estimate of drug-likeness (QED) is 0.632. The number of halogens is 1. The van der Waals surface area contributed by atoms with Gasteiger partial charge in [-0.3, -0.25) is 5.41 Å². The lowest BCUT2D eigenvalue weighted by molar-refractivity contribution is 0.375. The zero-order chi connectivity index (χ0) is 13.1. The van der Waals surface area contributed by atoms with E-state index in [1.54, 1.807) is 0 Å². The molecule has 18 heavy (non-hydrogen) atoms. The molecule has 98 valence electrons. The summed E-state index contributed by atoms with van der Waals surface area (Å²) in [7, 11) is 2.03. The second kappa shape index (κ2) is 5.75. The van der Waals surface area contributed by atoms with Gasteiger partial charge in [0.2, 0.25) is 0 Å². The number of hydrogen-bond donors (Lipinski definition) is 1. The third kappa shape index (κ3) is 2.86. The topological polar surface area (TPSA) is 27.1 Å². The second-order valence-corrected chi connectivity index (χ2v) is 5.64. The summed E-state index contributed by atoms with van der Waals surface area (Å²) in [4.78, 5) is 2.10. The Balaban J connectivity index is 2.05. The summed E-state index contributed by atoms with van der Waals surface area (Å²) in [5.41, 5.74) is 1.21. The van der Waals surface area contributed by atoms with Crippen LogP contribution in [0.1, 0.15) is 44.2 Å². The van der Waals surface area contributed by atoms with Gasteiger partial charge in [0.15, 0.2) is 0 Å². The minimum absolute atomic E-state index is 0.232. The Morgan fingerprint density at radius 1 is 1.28 bits per heavy atom. The molecular formula is C15H21ClN2. The van der Waals surface area contributed by atoms with Crippen LogP contribution in [0.2, 0.25) is 5.02 Å². The molecule has 0 radical (unpaired) electrons. The van der Waals surface area contributed by atoms with Gasteiger partial charge in [-0.15, -0.1) is 0 Å². The van der Waals surface area contributed by atoms with Crippen LogP contribution in [0.25, 0.3) is 0 Å². The number of nitrogens with zero attached hydrogens (tertiary/aromatic N) is 1. The van der Waals surface area contributed by atoms with E-state index < -0.39 is 0 Å². The van der Waals surface area contributed by atoms with E-state index in [9.17, 15) is 0 Å². The Bertz CT molecular complexity index is 407. The molecule has 1 N–H and O–H groups in total. The van der Waals surface area contributed by atoms with Gasteiger partial charge in [-0.25, -0.2) is 0 Å². The van der Waals surface area contributed by atoms with Crippen molar-refractivity contribution < 1.29 is 0 Å². The van der Waals surface area contributed by atoms with Gasteiger partial charge in [0.05, 0.1) is 11.9 Å². The zero-order valence-electron chi connectivity index (χ0n) is 11.1. The lowest BCUT2D eigenvalue weighted by atomic mass is 10.0. The molecule has 1 aromatic carbocycles. The van der Waals surface area contributed by atoms with Crippen molar-refractivity contribution in [2.24, 2.45) is 5.92 Å². The molecule has 0 bridgehead atoms. The van der Waals surface area contributed by atoms with Crippen molar-refractivity contribution >= 4 is 17.4 Å². The minimum Gasteiger partial charge on any atom is -0.357 e. The highest BCUT2D eigenvalue weighted by atomic mass is 35.5. The van der Waals surface area contributed by atoms with Crippen LogP contribution in [-0.2, 0) is 0 Å². The molecule has 1 unspecified atom stereocenters. The summed E-state index contributed by atoms with van der Waals surface area (Å²) in [6, 6.07) is 8.16. The fourth-order valence-electron chi connectivity index (χ4n) is 2.66. The summed E-state index contributed by atoms with van der Waals surface area (Å²) < 4.78 is 0. The maximum atomic E-state index is 8.31. The Labute approximate surface area is 114 Å². The van der Waals surface area contributed by atoms with Crippen LogP contribution in [0.15, 0.2) is 24.3 Å². The highest BCUT2D eigenvalue weighted by molar-refractivity contribution is 6.30. The zero-order valence-corrected chi connectivity index (χ0v) is 11.9. The van der Waals surface area contributed by atoms with Crippen LogP contribution < -0.4 is 0 Å². The lowest BCUT2D eigenvalue weighted by Crippen LogP contribution is -2.33. The molecule has 2 nitrogen and oxygen atoms in total. The van der Waals surface area contributed by atoms with Gasteiger partial charge < -0.3 is 4.90 Å². The average Bonchev–Trinajstić information content (AvgIpc) is 2.91. The van der Waals surface area contributed by atoms with Gasteiger partial charge in [-0.1, -0.05) is 36.6 Å². The highest BCUT2D eigenvalue weighted by Gasteiger charge is 2.24. The van der Waals surface area contributed by atoms with Gasteiger partial charge in [-0.05, 0) is 37.5 Å². The third-order valence-corrected chi connectivity index (χ3v) is 4.31. The molecule has 1 aliphatic carbocycles. The molecule has 0 spiro atoms. The van der Waals surface area contributed by atoms with Crippen molar-refractivity contribution in [2.45, 2.75) is 38.6 Å². The maximum Gasteiger partial charge on any atom is 0.0991 e. The number of nitrogens with one attached hydrogen (secondary N) is 1. The number of hydrogen-bond acceptors (Lipinski definition) is 1. The Kier molecular flexibility index (Phi) is 4.28. The highest BCUT2D eigenvalue weighted by Crippen LogP contribution is 2.29. The van der Waals surface area contributed by atoms with E-state index in [1.165, 1.54) is 31.2 Å². The predicted octanol–water partition coefficient (Wildman–Crippen LogP) is 4.50. The van der Waals surface area contributed by atoms with Crippen molar-refractivity contribution in [1.29, 1.82) is 5.41 Å². The molecular weight excluding hydrogens is 244 g/mol. The van der Waals surface area contributed by atoms with Gasteiger partial charge in [0, 0.05) is 18.0 Å². The molecule has 0 heterocycles. The molecule has 2 rings (SSSR count). The molecule has 1 saturated carbocycles. The van der Waals surface area contributed by atoms with Crippen LogP contribution in [0.5, 0.6) is 0 Å². The van der Waals surface area contributed by atoms with E-state index in [0.717, 1.165) is 10.9 Å². The van der Waals surface area contributed by atoms with E-state index >= 15 is 0 Å². The van der Waals surface area contributed by atoms with Crippen LogP contribution in [-0.4, -0.2) is 17.8 Å². The van der Waals surface area contributed by atoms with Gasteiger partial charge in [0.25, 0.3) is 0 Å². The molecule has 1 fully saturated rings. The molecule has 1 aliphatic rings. The molecule has 0 aromatic heterocycles. The van der Waals surface area contributed by atoms with Crippen molar-refractivity contribution in [3.63, 3.8) is 0 Å². The number of benzene rings is 1. The van der Waals surface area contributed by atoms with Crippen molar-refractivity contribution in [2.75, 3.05) is 7.05 Å². The number of rotatable bonds is 3. The summed E-state index contributed by atoms with van der Waals surface area (Å²) >= 11 is 5.91. The van der Waals surface area contributed by atoms with Gasteiger partial charge in [-0.2, -0.15) is 0 Å². The third-order valence-electron chi connectivity index (χ3n) is 4.06. The number of amidine groups is 1. The van der Waals surface area contributed by atoms with Crippen molar-refractivity contribution in [3.05, 3.63) is 34.9 Å². The van der Waals surface area contributed by atoms with Crippen LogP contribution >= 0.6 is 11.6 Å². The fraction of sp³-hybridized carbons (Fsp3) is 0.533. The van der Waals surface area contributed by atoms with Crippen molar-refractivity contribution in [3.8, 4) is 0 Å². The Morgan fingerprint density at radius 2 is 1.83 bits per heavy atom. The normalized spacial score (nSPS) is 17.7. The van der Waals surface area contributed by atoms with Crippen LogP contribution in [0.4, 0.5) is 0 Å². The minimum atomic E-state index is 0.232. The molecule has 1 atom stereocenters. The Morgan fingerprint density at radius 3 is 2.39 bits per heavy atom. The summed E-state index contributed by atoms with van der Waals surface area (Å²) in [6.45, 7) is 2.15. The monoisotopic (exact) mass is 264 g/mol. The molecule has 0 aliphatic heterocycles. The predicted molar refractivity (Wildman–Crippen MR) is 77.3 cm³/mol. The van der Waals surface area contributed by atoms with Crippen LogP contribution in [0, 0.1) is 11.3 Å². The van der Waals surface area contributed by atoms with Gasteiger partial charge >= 0.3 is 0 Å². The maximum absolute atomic E-state index is 8.31. The largest absolute Gasteiger partial charge is 0.357 e. The molecule has 0 amide bonds. The lowest BCUT2D eigenvalue weighted by Gasteiger charge is -2.30. The second-order valence-electron chi connectivity index (χ2n) is 5.21. The smallest absolute Gasteiger partial charge is 0.0991 e. The van der Waals surface area contributed by atoms with Crippen LogP contribution in [0.3, 0.4) is 0 Å². The molecule has 1 aromatic rings. The summed E-state index contributed by atoms with van der Waals surface area (Å²) in [5, 5.41) is 9.08. The first-order valence-electron chi connectivity index (χ1n) is 6.66. The first kappa shape index (κ1) is 13.4. The fourth-order valence-corrected chi connectivity index (χ4v) is 2.79. The van der Waals surface area contributed by atoms with E-state index in [4.69, 9.17) is 17.0 Å². The van der Waals surface area contributed by atoms with E-state index in [1.807, 2.05) is 31.3 Å². The average molecular weight is 265 g/mol. The standard InChI is InChI=1S/C15H21ClN2/c1-11(12-7-9-14(16)10-8-12)18(2)15(17)13-5-3-4-6-13/h7-11,13,17H,3-6H2,1-2H3. The van der Waals surface area contributed by atoms with E-state index in [0.29, 0.717) is 5.92 Å². The SMILES string of the molecule is CC(c1ccc(Cl)cc1)N(C)C(=N)C1CCCC1. The van der Waals surface area contributed by atoms with E-state index in [-0.39, 0.29) is 6.04 Å². The first-order chi connectivity index (χ1) is 8.59. The molecule has 3 heteroatoms. The van der Waals surface area contributed by atoms with Gasteiger partial charge in [0.1, 0.15) is 0 Å². The Hall–Kier alpha value is -1.02. The van der Waals surface area contributed by atoms with Crippen molar-refractivity contribution in [1.82, 2.24) is 4.90 Å². The molecule has 0 saturated heterocycles. The van der Waals surface area contributed by atoms with E-state index in [2.05, 4.69) is 11.8 Å².